The lowest BCUT2D eigenvalue weighted by molar-refractivity contribution is -0.150. The van der Waals surface area contributed by atoms with Crippen LogP contribution in [0.4, 0.5) is 5.82 Å². The number of aromatic nitrogens is 1. The number of pyridine rings is 1. The van der Waals surface area contributed by atoms with Crippen LogP contribution < -0.4 is 5.48 Å². The van der Waals surface area contributed by atoms with Crippen LogP contribution in [-0.4, -0.2) is 41.0 Å². The molecular weight excluding hydrogens is 308 g/mol. The van der Waals surface area contributed by atoms with E-state index in [1.807, 2.05) is 6.20 Å². The van der Waals surface area contributed by atoms with Gasteiger partial charge in [-0.25, -0.2) is 9.98 Å². The Morgan fingerprint density at radius 1 is 1.43 bits per heavy atom. The van der Waals surface area contributed by atoms with E-state index in [4.69, 9.17) is 9.83 Å². The lowest BCUT2D eigenvalue weighted by atomic mass is 9.74. The molecule has 120 valence electrons. The molecule has 0 radical (unpaired) electrons. The molecule has 2 aromatic heterocycles. The number of piperidine rings is 3. The fourth-order valence-electron chi connectivity index (χ4n) is 4.25. The summed E-state index contributed by atoms with van der Waals surface area (Å²) >= 11 is 1.75. The molecule has 4 saturated heterocycles. The number of hydrogen-bond donors (Lipinski definition) is 1. The van der Waals surface area contributed by atoms with Crippen molar-refractivity contribution in [1.82, 2.24) is 15.4 Å². The highest BCUT2D eigenvalue weighted by atomic mass is 32.1. The Hall–Kier alpha value is -1.50. The number of aryl methyl sites for hydroxylation is 1. The molecule has 0 amide bonds. The summed E-state index contributed by atoms with van der Waals surface area (Å²) in [5.41, 5.74) is 4.30. The zero-order valence-electron chi connectivity index (χ0n) is 13.2. The van der Waals surface area contributed by atoms with E-state index in [0.717, 1.165) is 24.6 Å². The smallest absolute Gasteiger partial charge is 0.155 e. The molecule has 6 heterocycles. The first-order valence-electron chi connectivity index (χ1n) is 8.30. The molecule has 6 rings (SSSR count). The van der Waals surface area contributed by atoms with Gasteiger partial charge in [0.2, 0.25) is 0 Å². The monoisotopic (exact) mass is 328 g/mol. The molecule has 4 fully saturated rings. The largest absolute Gasteiger partial charge is 0.300 e. The van der Waals surface area contributed by atoms with E-state index in [1.54, 1.807) is 11.3 Å². The van der Waals surface area contributed by atoms with Crippen LogP contribution in [0.5, 0.6) is 0 Å². The zero-order chi connectivity index (χ0) is 15.4. The van der Waals surface area contributed by atoms with Gasteiger partial charge in [-0.3, -0.25) is 10.3 Å². The molecule has 4 aliphatic rings. The Morgan fingerprint density at radius 2 is 2.30 bits per heavy atom. The summed E-state index contributed by atoms with van der Waals surface area (Å²) in [6.07, 6.45) is 5.29. The minimum absolute atomic E-state index is 0.0705. The Kier molecular flexibility index (Phi) is 3.02. The van der Waals surface area contributed by atoms with Crippen LogP contribution in [0.25, 0.3) is 10.1 Å². The fourth-order valence-corrected chi connectivity index (χ4v) is 5.20. The molecule has 0 aromatic carbocycles. The van der Waals surface area contributed by atoms with Gasteiger partial charge in [0.15, 0.2) is 5.82 Å². The number of rotatable bonds is 1. The fraction of sp³-hybridized carbons (Fsp3) is 0.529. The highest BCUT2D eigenvalue weighted by Crippen LogP contribution is 2.42. The van der Waals surface area contributed by atoms with Crippen LogP contribution in [0, 0.1) is 12.8 Å². The first-order chi connectivity index (χ1) is 11.2. The predicted octanol–water partition coefficient (Wildman–Crippen LogP) is 3.02. The van der Waals surface area contributed by atoms with Crippen LogP contribution in [0.2, 0.25) is 0 Å². The molecule has 0 aliphatic carbocycles. The molecule has 2 aromatic rings. The summed E-state index contributed by atoms with van der Waals surface area (Å²) in [7, 11) is 0. The third kappa shape index (κ3) is 2.20. The quantitative estimate of drug-likeness (QED) is 0.874. The van der Waals surface area contributed by atoms with Gasteiger partial charge in [0.05, 0.1) is 0 Å². The van der Waals surface area contributed by atoms with Crippen LogP contribution in [0.3, 0.4) is 0 Å². The molecule has 5 nitrogen and oxygen atoms in total. The number of thiophene rings is 1. The summed E-state index contributed by atoms with van der Waals surface area (Å²) in [5.74, 6) is 2.34. The topological polar surface area (TPSA) is 49.8 Å². The van der Waals surface area contributed by atoms with Crippen molar-refractivity contribution in [1.29, 1.82) is 0 Å². The first kappa shape index (κ1) is 13.9. The van der Waals surface area contributed by atoms with E-state index in [0.29, 0.717) is 5.92 Å². The maximum atomic E-state index is 6.04. The lowest BCUT2D eigenvalue weighted by Gasteiger charge is -2.49. The van der Waals surface area contributed by atoms with Gasteiger partial charge in [0, 0.05) is 35.3 Å². The van der Waals surface area contributed by atoms with Crippen molar-refractivity contribution in [2.24, 2.45) is 10.9 Å². The molecule has 1 spiro atoms. The third-order valence-electron chi connectivity index (χ3n) is 5.55. The number of hydrogen-bond acceptors (Lipinski definition) is 5. The number of aliphatic imine (C=N–C) groups is 1. The lowest BCUT2D eigenvalue weighted by Crippen LogP contribution is -2.59. The Labute approximate surface area is 139 Å². The number of amidine groups is 1. The highest BCUT2D eigenvalue weighted by Gasteiger charge is 2.52. The average Bonchev–Trinajstić information content (AvgIpc) is 3.13. The summed E-state index contributed by atoms with van der Waals surface area (Å²) in [6, 6.07) is 2.07. The summed E-state index contributed by atoms with van der Waals surface area (Å²) in [4.78, 5) is 17.8. The predicted molar refractivity (Wildman–Crippen MR) is 92.2 cm³/mol. The van der Waals surface area contributed by atoms with E-state index in [2.05, 4.69) is 33.7 Å². The molecule has 1 atom stereocenters. The maximum Gasteiger partial charge on any atom is 0.155 e. The van der Waals surface area contributed by atoms with Crippen molar-refractivity contribution in [2.45, 2.75) is 31.8 Å². The highest BCUT2D eigenvalue weighted by molar-refractivity contribution is 7.17. The number of nitrogens with zero attached hydrogens (tertiary/aromatic N) is 3. The molecule has 6 heteroatoms. The molecular formula is C17H20N4OS. The SMILES string of the molecule is Cc1csc2cc(N=C3CC4(CN5CCC4CC5)ON3)ncc12. The van der Waals surface area contributed by atoms with Crippen LogP contribution in [-0.2, 0) is 4.84 Å². The number of hydroxylamine groups is 1. The van der Waals surface area contributed by atoms with Gasteiger partial charge in [-0.05, 0) is 49.7 Å². The number of fused-ring (bicyclic) bond motifs is 3. The molecule has 2 bridgehead atoms. The molecule has 1 unspecified atom stereocenters. The van der Waals surface area contributed by atoms with Crippen molar-refractivity contribution < 1.29 is 4.84 Å². The average molecular weight is 328 g/mol. The van der Waals surface area contributed by atoms with Crippen LogP contribution >= 0.6 is 11.3 Å². The Bertz CT molecular complexity index is 793. The van der Waals surface area contributed by atoms with Crippen molar-refractivity contribution >= 4 is 33.1 Å². The summed E-state index contributed by atoms with van der Waals surface area (Å²) < 4.78 is 1.24. The van der Waals surface area contributed by atoms with E-state index < -0.39 is 0 Å². The van der Waals surface area contributed by atoms with Gasteiger partial charge < -0.3 is 4.90 Å². The van der Waals surface area contributed by atoms with Crippen molar-refractivity contribution in [3.63, 3.8) is 0 Å². The Balaban J connectivity index is 1.42. The van der Waals surface area contributed by atoms with E-state index in [9.17, 15) is 0 Å². The zero-order valence-corrected chi connectivity index (χ0v) is 14.0. The van der Waals surface area contributed by atoms with Crippen molar-refractivity contribution in [3.8, 4) is 0 Å². The van der Waals surface area contributed by atoms with Gasteiger partial charge in [-0.2, -0.15) is 0 Å². The van der Waals surface area contributed by atoms with Crippen molar-refractivity contribution in [2.75, 3.05) is 19.6 Å². The minimum atomic E-state index is -0.0705. The molecule has 1 N–H and O–H groups in total. The van der Waals surface area contributed by atoms with E-state index in [1.165, 1.54) is 41.6 Å². The minimum Gasteiger partial charge on any atom is -0.300 e. The third-order valence-corrected chi connectivity index (χ3v) is 6.61. The second-order valence-corrected chi connectivity index (χ2v) is 7.92. The molecule has 4 aliphatic heterocycles. The second kappa shape index (κ2) is 5.00. The standard InChI is InChI=1S/C17H20N4OS/c1-11-9-23-14-6-15(18-8-13(11)14)19-16-7-17(22-20-16)10-21-4-2-12(17)3-5-21/h6,8-9,12H,2-5,7,10H2,1H3,(H,18,19,20). The van der Waals surface area contributed by atoms with E-state index in [-0.39, 0.29) is 5.60 Å². The van der Waals surface area contributed by atoms with Crippen molar-refractivity contribution in [3.05, 3.63) is 23.2 Å². The van der Waals surface area contributed by atoms with Gasteiger partial charge in [0.1, 0.15) is 11.4 Å². The second-order valence-electron chi connectivity index (χ2n) is 7.01. The van der Waals surface area contributed by atoms with Crippen LogP contribution in [0.15, 0.2) is 22.6 Å². The van der Waals surface area contributed by atoms with Gasteiger partial charge in [0.25, 0.3) is 0 Å². The summed E-state index contributed by atoms with van der Waals surface area (Å²) in [5, 5.41) is 3.39. The maximum absolute atomic E-state index is 6.04. The van der Waals surface area contributed by atoms with Gasteiger partial charge in [-0.1, -0.05) is 0 Å². The first-order valence-corrected chi connectivity index (χ1v) is 9.18. The normalized spacial score (nSPS) is 34.6. The van der Waals surface area contributed by atoms with Gasteiger partial charge in [-0.15, -0.1) is 11.3 Å². The van der Waals surface area contributed by atoms with Crippen LogP contribution in [0.1, 0.15) is 24.8 Å². The molecule has 0 saturated carbocycles. The van der Waals surface area contributed by atoms with Gasteiger partial charge >= 0.3 is 0 Å². The number of nitrogens with one attached hydrogen (secondary N) is 1. The summed E-state index contributed by atoms with van der Waals surface area (Å²) in [6.45, 7) is 5.59. The molecule has 23 heavy (non-hydrogen) atoms. The van der Waals surface area contributed by atoms with E-state index >= 15 is 0 Å². The Morgan fingerprint density at radius 3 is 3.09 bits per heavy atom.